The monoisotopic (exact) mass is 268 g/mol. The molecule has 1 N–H and O–H groups in total. The number of hydrogen-bond donors (Lipinski definition) is 1. The van der Waals surface area contributed by atoms with Gasteiger partial charge in [0.2, 0.25) is 0 Å². The minimum atomic E-state index is -0.826. The maximum atomic E-state index is 10.5. The number of carbonyl (C=O) groups is 1. The second-order valence-corrected chi connectivity index (χ2v) is 4.35. The van der Waals surface area contributed by atoms with Gasteiger partial charge in [0.25, 0.3) is 0 Å². The number of hydrogen-bond acceptors (Lipinski definition) is 2. The lowest BCUT2D eigenvalue weighted by atomic mass is 10.0. The molecule has 2 aromatic carbocycles. The van der Waals surface area contributed by atoms with Crippen LogP contribution in [0.15, 0.2) is 54.6 Å². The minimum absolute atomic E-state index is 0.0345. The molecule has 0 bridgehead atoms. The van der Waals surface area contributed by atoms with Gasteiger partial charge in [0, 0.05) is 0 Å². The fraction of sp³-hybridized carbons (Fsp3) is 0.118. The Morgan fingerprint density at radius 1 is 1.15 bits per heavy atom. The van der Waals surface area contributed by atoms with Gasteiger partial charge >= 0.3 is 5.97 Å². The van der Waals surface area contributed by atoms with Crippen LogP contribution in [-0.2, 0) is 4.79 Å². The van der Waals surface area contributed by atoms with E-state index in [2.05, 4.69) is 0 Å². The highest BCUT2D eigenvalue weighted by molar-refractivity contribution is 5.72. The molecule has 102 valence electrons. The van der Waals surface area contributed by atoms with Crippen LogP contribution < -0.4 is 4.74 Å². The molecule has 0 aliphatic rings. The molecule has 20 heavy (non-hydrogen) atoms. The Bertz CT molecular complexity index is 612. The Balaban J connectivity index is 2.20. The molecule has 0 aliphatic carbocycles. The van der Waals surface area contributed by atoms with Crippen LogP contribution in [-0.4, -0.2) is 18.2 Å². The number of rotatable bonds is 5. The lowest BCUT2D eigenvalue weighted by Gasteiger charge is -2.05. The third-order valence-electron chi connectivity index (χ3n) is 2.91. The molecule has 0 saturated heterocycles. The molecule has 0 aliphatic heterocycles. The minimum Gasteiger partial charge on any atom is -0.497 e. The van der Waals surface area contributed by atoms with Gasteiger partial charge in [-0.25, -0.2) is 0 Å². The third kappa shape index (κ3) is 3.72. The number of methoxy groups -OCH3 is 1. The first-order chi connectivity index (χ1) is 9.69. The quantitative estimate of drug-likeness (QED) is 0.895. The van der Waals surface area contributed by atoms with Gasteiger partial charge in [-0.15, -0.1) is 0 Å². The molecule has 0 heterocycles. The Morgan fingerprint density at radius 3 is 2.55 bits per heavy atom. The molecule has 2 rings (SSSR count). The van der Waals surface area contributed by atoms with E-state index < -0.39 is 5.97 Å². The lowest BCUT2D eigenvalue weighted by molar-refractivity contribution is -0.135. The number of benzene rings is 2. The van der Waals surface area contributed by atoms with E-state index >= 15 is 0 Å². The fourth-order valence-electron chi connectivity index (χ4n) is 1.90. The van der Waals surface area contributed by atoms with Crippen molar-refractivity contribution in [1.82, 2.24) is 0 Å². The topological polar surface area (TPSA) is 46.5 Å². The van der Waals surface area contributed by atoms with Crippen molar-refractivity contribution in [1.29, 1.82) is 0 Å². The highest BCUT2D eigenvalue weighted by Gasteiger charge is 1.99. The average molecular weight is 268 g/mol. The summed E-state index contributed by atoms with van der Waals surface area (Å²) in [7, 11) is 1.64. The van der Waals surface area contributed by atoms with E-state index in [1.54, 1.807) is 13.2 Å². The molecular formula is C17H16O3. The Hall–Kier alpha value is -2.55. The summed E-state index contributed by atoms with van der Waals surface area (Å²) < 4.78 is 5.14. The first-order valence-corrected chi connectivity index (χ1v) is 6.32. The molecule has 0 unspecified atom stereocenters. The molecule has 0 fully saturated rings. The molecule has 0 saturated carbocycles. The standard InChI is InChI=1S/C17H16O3/c1-20-16-10-8-14(9-11-16)15-6-2-4-13(12-15)5-3-7-17(18)19/h2-6,8-12H,7H2,1H3,(H,18,19)/b5-3+. The van der Waals surface area contributed by atoms with E-state index in [0.29, 0.717) is 0 Å². The van der Waals surface area contributed by atoms with Gasteiger partial charge in [0.1, 0.15) is 5.75 Å². The van der Waals surface area contributed by atoms with Crippen LogP contribution in [0, 0.1) is 0 Å². The van der Waals surface area contributed by atoms with Crippen LogP contribution in [0.3, 0.4) is 0 Å². The van der Waals surface area contributed by atoms with Crippen LogP contribution in [0.25, 0.3) is 17.2 Å². The van der Waals surface area contributed by atoms with Crippen molar-refractivity contribution in [2.75, 3.05) is 7.11 Å². The van der Waals surface area contributed by atoms with E-state index in [4.69, 9.17) is 9.84 Å². The first-order valence-electron chi connectivity index (χ1n) is 6.32. The van der Waals surface area contributed by atoms with Gasteiger partial charge in [-0.2, -0.15) is 0 Å². The van der Waals surface area contributed by atoms with Crippen molar-refractivity contribution in [3.05, 3.63) is 60.2 Å². The molecule has 0 amide bonds. The van der Waals surface area contributed by atoms with Crippen LogP contribution >= 0.6 is 0 Å². The molecule has 0 aromatic heterocycles. The van der Waals surface area contributed by atoms with E-state index in [9.17, 15) is 4.79 Å². The van der Waals surface area contributed by atoms with Crippen molar-refractivity contribution in [2.24, 2.45) is 0 Å². The molecule has 3 nitrogen and oxygen atoms in total. The Labute approximate surface area is 118 Å². The van der Waals surface area contributed by atoms with E-state index in [1.165, 1.54) is 0 Å². The summed E-state index contributed by atoms with van der Waals surface area (Å²) in [5.41, 5.74) is 3.17. The summed E-state index contributed by atoms with van der Waals surface area (Å²) in [6, 6.07) is 15.8. The van der Waals surface area contributed by atoms with Gasteiger partial charge in [0.05, 0.1) is 13.5 Å². The summed E-state index contributed by atoms with van der Waals surface area (Å²) in [5, 5.41) is 8.61. The second-order valence-electron chi connectivity index (χ2n) is 4.35. The summed E-state index contributed by atoms with van der Waals surface area (Å²) in [6.07, 6.45) is 3.50. The summed E-state index contributed by atoms with van der Waals surface area (Å²) >= 11 is 0. The maximum absolute atomic E-state index is 10.5. The zero-order valence-electron chi connectivity index (χ0n) is 11.2. The van der Waals surface area contributed by atoms with Gasteiger partial charge in [-0.05, 0) is 34.9 Å². The van der Waals surface area contributed by atoms with E-state index in [1.807, 2.05) is 54.6 Å². The van der Waals surface area contributed by atoms with Gasteiger partial charge < -0.3 is 9.84 Å². The lowest BCUT2D eigenvalue weighted by Crippen LogP contribution is -1.89. The normalized spacial score (nSPS) is 10.7. The van der Waals surface area contributed by atoms with Gasteiger partial charge in [0.15, 0.2) is 0 Å². The molecule has 0 radical (unpaired) electrons. The van der Waals surface area contributed by atoms with Crippen LogP contribution in [0.4, 0.5) is 0 Å². The second kappa shape index (κ2) is 6.57. The summed E-state index contributed by atoms with van der Waals surface area (Å²) in [6.45, 7) is 0. The number of carboxylic acid groups (broad SMARTS) is 1. The fourth-order valence-corrected chi connectivity index (χ4v) is 1.90. The number of aliphatic carboxylic acids is 1. The van der Waals surface area contributed by atoms with Crippen molar-refractivity contribution in [3.8, 4) is 16.9 Å². The zero-order valence-corrected chi connectivity index (χ0v) is 11.2. The van der Waals surface area contributed by atoms with Gasteiger partial charge in [-0.3, -0.25) is 4.79 Å². The zero-order chi connectivity index (χ0) is 14.4. The molecule has 3 heteroatoms. The smallest absolute Gasteiger partial charge is 0.307 e. The summed E-state index contributed by atoms with van der Waals surface area (Å²) in [4.78, 5) is 10.5. The van der Waals surface area contributed by atoms with Crippen molar-refractivity contribution in [3.63, 3.8) is 0 Å². The third-order valence-corrected chi connectivity index (χ3v) is 2.91. The number of carboxylic acids is 1. The molecule has 2 aromatic rings. The predicted molar refractivity (Wildman–Crippen MR) is 79.7 cm³/mol. The number of ether oxygens (including phenoxy) is 1. The van der Waals surface area contributed by atoms with E-state index in [-0.39, 0.29) is 6.42 Å². The van der Waals surface area contributed by atoms with E-state index in [0.717, 1.165) is 22.4 Å². The first kappa shape index (κ1) is 13.9. The maximum Gasteiger partial charge on any atom is 0.307 e. The summed E-state index contributed by atoms with van der Waals surface area (Å²) in [5.74, 6) is -0.00109. The molecule has 0 atom stereocenters. The van der Waals surface area contributed by atoms with Crippen molar-refractivity contribution in [2.45, 2.75) is 6.42 Å². The Morgan fingerprint density at radius 2 is 1.90 bits per heavy atom. The van der Waals surface area contributed by atoms with Gasteiger partial charge in [-0.1, -0.05) is 42.5 Å². The molecule has 0 spiro atoms. The van der Waals surface area contributed by atoms with Crippen molar-refractivity contribution >= 4 is 12.0 Å². The average Bonchev–Trinajstić information content (AvgIpc) is 2.47. The van der Waals surface area contributed by atoms with Crippen LogP contribution in [0.1, 0.15) is 12.0 Å². The van der Waals surface area contributed by atoms with Crippen LogP contribution in [0.5, 0.6) is 5.75 Å². The predicted octanol–water partition coefficient (Wildman–Crippen LogP) is 3.85. The SMILES string of the molecule is COc1ccc(-c2cccc(/C=C/CC(=O)O)c2)cc1. The largest absolute Gasteiger partial charge is 0.497 e. The van der Waals surface area contributed by atoms with Crippen LogP contribution in [0.2, 0.25) is 0 Å². The highest BCUT2D eigenvalue weighted by atomic mass is 16.5. The highest BCUT2D eigenvalue weighted by Crippen LogP contribution is 2.23. The Kier molecular flexibility index (Phi) is 4.56. The molecular weight excluding hydrogens is 252 g/mol. The van der Waals surface area contributed by atoms with Crippen molar-refractivity contribution < 1.29 is 14.6 Å².